The first-order valence-corrected chi connectivity index (χ1v) is 5.03. The van der Waals surface area contributed by atoms with E-state index in [0.717, 1.165) is 22.6 Å². The van der Waals surface area contributed by atoms with Gasteiger partial charge in [-0.15, -0.1) is 0 Å². The first kappa shape index (κ1) is 9.08. The van der Waals surface area contributed by atoms with Crippen LogP contribution in [0.5, 0.6) is 0 Å². The smallest absolute Gasteiger partial charge is 0.246 e. The van der Waals surface area contributed by atoms with Gasteiger partial charge in [-0.3, -0.25) is 14.5 Å². The quantitative estimate of drug-likeness (QED) is 0.717. The predicted octanol–water partition coefficient (Wildman–Crippen LogP) is 1.21. The van der Waals surface area contributed by atoms with Crippen LogP contribution in [0.2, 0.25) is 0 Å². The lowest BCUT2D eigenvalue weighted by Crippen LogP contribution is -2.17. The number of aromatic nitrogens is 3. The summed E-state index contributed by atoms with van der Waals surface area (Å²) in [6.45, 7) is 2.14. The summed E-state index contributed by atoms with van der Waals surface area (Å²) in [5, 5.41) is 6.97. The van der Waals surface area contributed by atoms with E-state index in [-0.39, 0.29) is 12.5 Å². The van der Waals surface area contributed by atoms with E-state index < -0.39 is 0 Å². The van der Waals surface area contributed by atoms with Gasteiger partial charge in [-0.25, -0.2) is 0 Å². The molecule has 0 aliphatic carbocycles. The van der Waals surface area contributed by atoms with E-state index in [4.69, 9.17) is 0 Å². The lowest BCUT2D eigenvalue weighted by molar-refractivity contribution is -0.116. The number of hydrogen-bond acceptors (Lipinski definition) is 3. The summed E-state index contributed by atoms with van der Waals surface area (Å²) < 4.78 is 1.68. The first-order chi connectivity index (χ1) is 7.74. The van der Waals surface area contributed by atoms with Crippen LogP contribution in [0, 0.1) is 6.92 Å². The fourth-order valence-corrected chi connectivity index (χ4v) is 1.88. The van der Waals surface area contributed by atoms with Crippen molar-refractivity contribution in [2.24, 2.45) is 0 Å². The Morgan fingerprint density at radius 2 is 2.38 bits per heavy atom. The Bertz CT molecular complexity index is 573. The molecule has 0 aromatic carbocycles. The third-order valence-corrected chi connectivity index (χ3v) is 2.60. The number of hydrogen-bond donors (Lipinski definition) is 1. The van der Waals surface area contributed by atoms with Gasteiger partial charge in [0.1, 0.15) is 6.54 Å². The summed E-state index contributed by atoms with van der Waals surface area (Å²) in [4.78, 5) is 15.9. The fraction of sp³-hybridized carbons (Fsp3) is 0.182. The highest BCUT2D eigenvalue weighted by Gasteiger charge is 2.18. The van der Waals surface area contributed by atoms with Crippen LogP contribution >= 0.6 is 0 Å². The molecular formula is C11H10N4O. The fourth-order valence-electron chi connectivity index (χ4n) is 1.88. The van der Waals surface area contributed by atoms with Crippen molar-refractivity contribution >= 4 is 11.6 Å². The number of carbonyl (C=O) groups is 1. The molecule has 2 aromatic rings. The van der Waals surface area contributed by atoms with E-state index in [0.29, 0.717) is 0 Å². The van der Waals surface area contributed by atoms with Crippen LogP contribution in [0.15, 0.2) is 24.5 Å². The maximum Gasteiger partial charge on any atom is 0.246 e. The summed E-state index contributed by atoms with van der Waals surface area (Å²) in [6.07, 6.45) is 3.46. The summed E-state index contributed by atoms with van der Waals surface area (Å²) >= 11 is 0. The molecule has 1 N–H and O–H groups in total. The number of rotatable bonds is 0. The van der Waals surface area contributed by atoms with E-state index >= 15 is 0 Å². The molecule has 5 nitrogen and oxygen atoms in total. The molecule has 0 saturated carbocycles. The molecule has 3 rings (SSSR count). The Labute approximate surface area is 92.1 Å². The largest absolute Gasteiger partial charge is 0.324 e. The molecule has 0 bridgehead atoms. The van der Waals surface area contributed by atoms with Crippen LogP contribution in [0.25, 0.3) is 11.3 Å². The minimum atomic E-state index is -0.0608. The van der Waals surface area contributed by atoms with E-state index in [9.17, 15) is 4.79 Å². The normalized spacial score (nSPS) is 13.7. The van der Waals surface area contributed by atoms with Crippen LogP contribution < -0.4 is 5.32 Å². The molecule has 0 atom stereocenters. The highest BCUT2D eigenvalue weighted by Crippen LogP contribution is 2.29. The van der Waals surface area contributed by atoms with Gasteiger partial charge in [0, 0.05) is 23.7 Å². The Balaban J connectivity index is 2.28. The highest BCUT2D eigenvalue weighted by atomic mass is 16.2. The van der Waals surface area contributed by atoms with E-state index in [1.165, 1.54) is 0 Å². The van der Waals surface area contributed by atoms with Crippen molar-refractivity contribution in [3.05, 3.63) is 30.2 Å². The second-order valence-corrected chi connectivity index (χ2v) is 3.79. The Kier molecular flexibility index (Phi) is 1.80. The summed E-state index contributed by atoms with van der Waals surface area (Å²) in [5.41, 5.74) is 3.51. The molecular weight excluding hydrogens is 204 g/mol. The number of nitrogens with one attached hydrogen (secondary N) is 1. The average molecular weight is 214 g/mol. The molecule has 1 amide bonds. The molecule has 0 saturated heterocycles. The van der Waals surface area contributed by atoms with Gasteiger partial charge in [0.05, 0.1) is 11.4 Å². The molecule has 5 heteroatoms. The van der Waals surface area contributed by atoms with Crippen molar-refractivity contribution in [1.82, 2.24) is 14.8 Å². The van der Waals surface area contributed by atoms with Gasteiger partial charge in [-0.2, -0.15) is 5.10 Å². The number of fused-ring (bicyclic) bond motifs is 3. The van der Waals surface area contributed by atoms with Gasteiger partial charge in [0.2, 0.25) is 5.91 Å². The molecule has 16 heavy (non-hydrogen) atoms. The average Bonchev–Trinajstić information content (AvgIpc) is 2.61. The molecule has 3 heterocycles. The van der Waals surface area contributed by atoms with Gasteiger partial charge in [-0.1, -0.05) is 0 Å². The van der Waals surface area contributed by atoms with Crippen molar-refractivity contribution in [3.63, 3.8) is 0 Å². The molecule has 1 aliphatic rings. The zero-order valence-electron chi connectivity index (χ0n) is 8.77. The second-order valence-electron chi connectivity index (χ2n) is 3.79. The zero-order chi connectivity index (χ0) is 11.1. The third kappa shape index (κ3) is 1.29. The molecule has 0 radical (unpaired) electrons. The standard InChI is InChI=1S/C11H10N4O/c1-7-4-9-8(5-12-7)10-2-3-13-15(10)6-11(16)14-9/h2-5H,6H2,1H3,(H,14,16). The Morgan fingerprint density at radius 1 is 1.50 bits per heavy atom. The number of pyridine rings is 1. The van der Waals surface area contributed by atoms with E-state index in [2.05, 4.69) is 15.4 Å². The number of amides is 1. The van der Waals surface area contributed by atoms with Crippen molar-refractivity contribution in [1.29, 1.82) is 0 Å². The van der Waals surface area contributed by atoms with Gasteiger partial charge in [0.25, 0.3) is 0 Å². The van der Waals surface area contributed by atoms with Gasteiger partial charge in [0.15, 0.2) is 0 Å². The molecule has 0 unspecified atom stereocenters. The summed E-state index contributed by atoms with van der Waals surface area (Å²) in [7, 11) is 0. The van der Waals surface area contributed by atoms with Crippen molar-refractivity contribution < 1.29 is 4.79 Å². The Hall–Kier alpha value is -2.17. The van der Waals surface area contributed by atoms with Crippen molar-refractivity contribution in [2.45, 2.75) is 13.5 Å². The van der Waals surface area contributed by atoms with Crippen molar-refractivity contribution in [3.8, 4) is 11.3 Å². The minimum Gasteiger partial charge on any atom is -0.324 e. The third-order valence-electron chi connectivity index (χ3n) is 2.60. The topological polar surface area (TPSA) is 59.8 Å². The van der Waals surface area contributed by atoms with Crippen molar-refractivity contribution in [2.75, 3.05) is 5.32 Å². The highest BCUT2D eigenvalue weighted by molar-refractivity contribution is 5.96. The molecule has 0 spiro atoms. The number of carbonyl (C=O) groups excluding carboxylic acids is 1. The van der Waals surface area contributed by atoms with Crippen LogP contribution in [0.3, 0.4) is 0 Å². The molecule has 1 aliphatic heterocycles. The number of nitrogens with zero attached hydrogens (tertiary/aromatic N) is 3. The van der Waals surface area contributed by atoms with Crippen LogP contribution in [0.4, 0.5) is 5.69 Å². The lowest BCUT2D eigenvalue weighted by Gasteiger charge is -2.06. The summed E-state index contributed by atoms with van der Waals surface area (Å²) in [5.74, 6) is -0.0608. The monoisotopic (exact) mass is 214 g/mol. The molecule has 2 aromatic heterocycles. The maximum atomic E-state index is 11.6. The molecule has 80 valence electrons. The number of anilines is 1. The Morgan fingerprint density at radius 3 is 3.25 bits per heavy atom. The predicted molar refractivity (Wildman–Crippen MR) is 58.8 cm³/mol. The first-order valence-electron chi connectivity index (χ1n) is 5.03. The maximum absolute atomic E-state index is 11.6. The van der Waals surface area contributed by atoms with E-state index in [1.54, 1.807) is 17.1 Å². The van der Waals surface area contributed by atoms with Crippen LogP contribution in [-0.4, -0.2) is 20.7 Å². The minimum absolute atomic E-state index is 0.0608. The SMILES string of the molecule is Cc1cc2c(cn1)-c1ccnn1CC(=O)N2. The second kappa shape index (κ2) is 3.16. The number of aryl methyl sites for hydroxylation is 1. The van der Waals surface area contributed by atoms with E-state index in [1.807, 2.05) is 19.1 Å². The van der Waals surface area contributed by atoms with Gasteiger partial charge < -0.3 is 5.32 Å². The van der Waals surface area contributed by atoms with Crippen LogP contribution in [0.1, 0.15) is 5.69 Å². The van der Waals surface area contributed by atoms with Gasteiger partial charge >= 0.3 is 0 Å². The lowest BCUT2D eigenvalue weighted by atomic mass is 10.1. The zero-order valence-corrected chi connectivity index (χ0v) is 8.77. The molecule has 0 fully saturated rings. The van der Waals surface area contributed by atoms with Gasteiger partial charge in [-0.05, 0) is 19.1 Å². The van der Waals surface area contributed by atoms with Crippen LogP contribution in [-0.2, 0) is 11.3 Å². The summed E-state index contributed by atoms with van der Waals surface area (Å²) in [6, 6.07) is 3.76.